The number of nitrogens with zero attached hydrogens (tertiary/aromatic N) is 4. The fraction of sp³-hybridized carbons (Fsp3) is 0. The van der Waals surface area contributed by atoms with E-state index >= 15 is 0 Å². The van der Waals surface area contributed by atoms with Gasteiger partial charge in [-0.15, -0.1) is 0 Å². The molecule has 0 fully saturated rings. The number of fused-ring (bicyclic) bond motifs is 4. The Morgan fingerprint density at radius 3 is 1.15 bits per heavy atom. The van der Waals surface area contributed by atoms with Gasteiger partial charge >= 0.3 is 0 Å². The van der Waals surface area contributed by atoms with Crippen molar-refractivity contribution in [3.8, 4) is 45.3 Å². The average molecular weight is 587 g/mol. The molecule has 0 spiro atoms. The number of rotatable bonds is 4. The minimum absolute atomic E-state index is 0.624. The number of benzene rings is 7. The van der Waals surface area contributed by atoms with Gasteiger partial charge in [0, 0.05) is 33.8 Å². The number of pyridine rings is 1. The SMILES string of the molecule is c1ccc2cc(-c3cnc4ccc(-c5nc(-c6ccc7ccccc7c6)nc(-c6ccc7ccccc7c6)n5)cc4c3)ccc2c1. The van der Waals surface area contributed by atoms with Gasteiger partial charge in [-0.2, -0.15) is 0 Å². The quantitative estimate of drug-likeness (QED) is 0.206. The summed E-state index contributed by atoms with van der Waals surface area (Å²) in [5.41, 5.74) is 5.94. The second-order valence-electron chi connectivity index (χ2n) is 11.6. The van der Waals surface area contributed by atoms with Gasteiger partial charge in [0.25, 0.3) is 0 Å². The van der Waals surface area contributed by atoms with Crippen LogP contribution in [0.2, 0.25) is 0 Å². The van der Waals surface area contributed by atoms with Crippen molar-refractivity contribution in [3.05, 3.63) is 158 Å². The molecule has 2 aromatic heterocycles. The fourth-order valence-electron chi connectivity index (χ4n) is 6.22. The van der Waals surface area contributed by atoms with Crippen molar-refractivity contribution < 1.29 is 0 Å². The van der Waals surface area contributed by atoms with Crippen molar-refractivity contribution in [1.29, 1.82) is 0 Å². The highest BCUT2D eigenvalue weighted by Gasteiger charge is 2.14. The molecule has 0 radical (unpaired) electrons. The normalized spacial score (nSPS) is 11.5. The molecule has 0 unspecified atom stereocenters. The molecule has 0 amide bonds. The van der Waals surface area contributed by atoms with E-state index < -0.39 is 0 Å². The van der Waals surface area contributed by atoms with Gasteiger partial charge in [-0.05, 0) is 80.3 Å². The third-order valence-corrected chi connectivity index (χ3v) is 8.67. The summed E-state index contributed by atoms with van der Waals surface area (Å²) in [4.78, 5) is 19.9. The van der Waals surface area contributed by atoms with E-state index in [0.717, 1.165) is 49.5 Å². The Bertz CT molecular complexity index is 2510. The van der Waals surface area contributed by atoms with Gasteiger partial charge in [-0.25, -0.2) is 15.0 Å². The summed E-state index contributed by atoms with van der Waals surface area (Å²) in [7, 11) is 0. The zero-order valence-electron chi connectivity index (χ0n) is 24.8. The predicted octanol–water partition coefficient (Wildman–Crippen LogP) is 10.5. The first-order valence-electron chi connectivity index (χ1n) is 15.4. The Morgan fingerprint density at radius 2 is 0.652 bits per heavy atom. The molecule has 0 aliphatic heterocycles. The standard InChI is InChI=1S/C42H26N4/c1-4-10-30-21-33(16-13-27(30)7-1)38-25-37-24-36(19-20-39(37)43-26-38)42-45-40(34-17-14-28-8-2-5-11-31(28)22-34)44-41(46-42)35-18-15-29-9-3-6-12-32(29)23-35/h1-26H. The molecule has 214 valence electrons. The molecule has 9 rings (SSSR count). The highest BCUT2D eigenvalue weighted by Crippen LogP contribution is 2.31. The maximum absolute atomic E-state index is 5.05. The van der Waals surface area contributed by atoms with Crippen LogP contribution >= 0.6 is 0 Å². The summed E-state index contributed by atoms with van der Waals surface area (Å²) in [6, 6.07) is 52.8. The lowest BCUT2D eigenvalue weighted by atomic mass is 10.0. The predicted molar refractivity (Wildman–Crippen MR) is 189 cm³/mol. The van der Waals surface area contributed by atoms with E-state index in [1.165, 1.54) is 21.5 Å². The fourth-order valence-corrected chi connectivity index (χ4v) is 6.22. The third-order valence-electron chi connectivity index (χ3n) is 8.67. The zero-order valence-corrected chi connectivity index (χ0v) is 24.8. The lowest BCUT2D eigenvalue weighted by Gasteiger charge is -2.11. The zero-order chi connectivity index (χ0) is 30.5. The summed E-state index contributed by atoms with van der Waals surface area (Å²) in [6.45, 7) is 0. The van der Waals surface area contributed by atoms with Crippen molar-refractivity contribution in [2.75, 3.05) is 0 Å². The smallest absolute Gasteiger partial charge is 0.164 e. The summed E-state index contributed by atoms with van der Waals surface area (Å²) < 4.78 is 0. The molecule has 4 heteroatoms. The van der Waals surface area contributed by atoms with Crippen LogP contribution in [0.5, 0.6) is 0 Å². The van der Waals surface area contributed by atoms with Gasteiger partial charge in [-0.3, -0.25) is 4.98 Å². The van der Waals surface area contributed by atoms with Crippen molar-refractivity contribution in [2.24, 2.45) is 0 Å². The molecule has 7 aromatic carbocycles. The highest BCUT2D eigenvalue weighted by atomic mass is 15.0. The average Bonchev–Trinajstić information content (AvgIpc) is 3.13. The second kappa shape index (κ2) is 10.7. The maximum Gasteiger partial charge on any atom is 0.164 e. The van der Waals surface area contributed by atoms with E-state index in [4.69, 9.17) is 19.9 Å². The molecule has 4 nitrogen and oxygen atoms in total. The largest absolute Gasteiger partial charge is 0.256 e. The van der Waals surface area contributed by atoms with Crippen molar-refractivity contribution in [1.82, 2.24) is 19.9 Å². The summed E-state index contributed by atoms with van der Waals surface area (Å²) >= 11 is 0. The Hall–Kier alpha value is -6.26. The van der Waals surface area contributed by atoms with Crippen molar-refractivity contribution in [2.45, 2.75) is 0 Å². The Morgan fingerprint density at radius 1 is 0.283 bits per heavy atom. The van der Waals surface area contributed by atoms with E-state index in [-0.39, 0.29) is 0 Å². The van der Waals surface area contributed by atoms with E-state index in [2.05, 4.69) is 146 Å². The molecule has 0 saturated carbocycles. The Balaban J connectivity index is 1.20. The van der Waals surface area contributed by atoms with Crippen LogP contribution in [0.15, 0.2) is 158 Å². The Kier molecular flexibility index (Phi) is 6.10. The molecule has 0 aliphatic rings. The number of hydrogen-bond acceptors (Lipinski definition) is 4. The van der Waals surface area contributed by atoms with Gasteiger partial charge in [0.05, 0.1) is 5.52 Å². The molecule has 0 bridgehead atoms. The minimum atomic E-state index is 0.624. The van der Waals surface area contributed by atoms with Crippen molar-refractivity contribution >= 4 is 43.2 Å². The van der Waals surface area contributed by atoms with Crippen LogP contribution in [0.1, 0.15) is 0 Å². The monoisotopic (exact) mass is 586 g/mol. The van der Waals surface area contributed by atoms with Gasteiger partial charge in [0.2, 0.25) is 0 Å². The van der Waals surface area contributed by atoms with Crippen LogP contribution in [0.3, 0.4) is 0 Å². The first-order valence-corrected chi connectivity index (χ1v) is 15.4. The molecule has 0 saturated heterocycles. The molecular weight excluding hydrogens is 560 g/mol. The first-order chi connectivity index (χ1) is 22.7. The van der Waals surface area contributed by atoms with Gasteiger partial charge in [-0.1, -0.05) is 109 Å². The number of aromatic nitrogens is 4. The topological polar surface area (TPSA) is 51.6 Å². The molecule has 2 heterocycles. The van der Waals surface area contributed by atoms with Crippen LogP contribution < -0.4 is 0 Å². The molecule has 46 heavy (non-hydrogen) atoms. The van der Waals surface area contributed by atoms with Crippen LogP contribution in [0.4, 0.5) is 0 Å². The molecule has 0 atom stereocenters. The van der Waals surface area contributed by atoms with Gasteiger partial charge in [0.15, 0.2) is 17.5 Å². The minimum Gasteiger partial charge on any atom is -0.256 e. The van der Waals surface area contributed by atoms with Gasteiger partial charge in [0.1, 0.15) is 0 Å². The summed E-state index contributed by atoms with van der Waals surface area (Å²) in [5, 5.41) is 8.12. The number of hydrogen-bond donors (Lipinski definition) is 0. The van der Waals surface area contributed by atoms with Crippen molar-refractivity contribution in [3.63, 3.8) is 0 Å². The Labute approximate surface area is 265 Å². The van der Waals surface area contributed by atoms with E-state index in [9.17, 15) is 0 Å². The van der Waals surface area contributed by atoms with Crippen LogP contribution in [-0.4, -0.2) is 19.9 Å². The highest BCUT2D eigenvalue weighted by molar-refractivity contribution is 5.92. The lowest BCUT2D eigenvalue weighted by Crippen LogP contribution is -2.00. The molecule has 9 aromatic rings. The van der Waals surface area contributed by atoms with Crippen LogP contribution in [0.25, 0.3) is 88.5 Å². The third kappa shape index (κ3) is 4.73. The molecule has 0 N–H and O–H groups in total. The summed E-state index contributed by atoms with van der Waals surface area (Å²) in [5.74, 6) is 1.91. The van der Waals surface area contributed by atoms with Gasteiger partial charge < -0.3 is 0 Å². The molecular formula is C42H26N4. The lowest BCUT2D eigenvalue weighted by molar-refractivity contribution is 1.08. The van der Waals surface area contributed by atoms with Crippen LogP contribution in [0, 0.1) is 0 Å². The second-order valence-corrected chi connectivity index (χ2v) is 11.6. The first kappa shape index (κ1) is 26.2. The van der Waals surface area contributed by atoms with Crippen LogP contribution in [-0.2, 0) is 0 Å². The van der Waals surface area contributed by atoms with E-state index in [0.29, 0.717) is 17.5 Å². The van der Waals surface area contributed by atoms with E-state index in [1.54, 1.807) is 0 Å². The van der Waals surface area contributed by atoms with E-state index in [1.807, 2.05) is 12.3 Å². The molecule has 0 aliphatic carbocycles. The summed E-state index contributed by atoms with van der Waals surface area (Å²) in [6.07, 6.45) is 1.95. The maximum atomic E-state index is 5.05.